The summed E-state index contributed by atoms with van der Waals surface area (Å²) in [4.78, 5) is 37.2. The van der Waals surface area contributed by atoms with E-state index in [9.17, 15) is 9.59 Å². The summed E-state index contributed by atoms with van der Waals surface area (Å²) in [6.45, 7) is 5.69. The SMILES string of the molecule is CCCNc1nc(Nc2ccc3occc3c2)ncc1C#CCCCNC(=O)[C@H](C)N(C)C(=O)/C=C/CN(C)C. The summed E-state index contributed by atoms with van der Waals surface area (Å²) in [6, 6.07) is 7.14. The molecular weight excluding hydrogens is 506 g/mol. The number of likely N-dealkylation sites (N-methyl/N-ethyl adjacent to an activating group) is 2. The van der Waals surface area contributed by atoms with Crippen molar-refractivity contribution >= 4 is 40.2 Å². The maximum absolute atomic E-state index is 12.5. The zero-order valence-electron chi connectivity index (χ0n) is 24.0. The van der Waals surface area contributed by atoms with Crippen molar-refractivity contribution in [1.82, 2.24) is 25.1 Å². The molecule has 1 aromatic carbocycles. The smallest absolute Gasteiger partial charge is 0.246 e. The lowest BCUT2D eigenvalue weighted by molar-refractivity contribution is -0.135. The Kier molecular flexibility index (Phi) is 11.5. The van der Waals surface area contributed by atoms with Crippen molar-refractivity contribution in [2.75, 3.05) is 51.4 Å². The van der Waals surface area contributed by atoms with Crippen LogP contribution in [-0.2, 0) is 9.59 Å². The van der Waals surface area contributed by atoms with Crippen LogP contribution in [0.25, 0.3) is 11.0 Å². The van der Waals surface area contributed by atoms with Gasteiger partial charge in [0, 0.05) is 50.3 Å². The molecular formula is C30H39N7O3. The fourth-order valence-corrected chi connectivity index (χ4v) is 3.63. The van der Waals surface area contributed by atoms with Gasteiger partial charge in [0.25, 0.3) is 0 Å². The summed E-state index contributed by atoms with van der Waals surface area (Å²) in [5.74, 6) is 7.05. The third-order valence-electron chi connectivity index (χ3n) is 6.08. The van der Waals surface area contributed by atoms with E-state index in [1.54, 1.807) is 32.5 Å². The number of unbranched alkanes of at least 4 members (excludes halogenated alkanes) is 1. The number of carbonyl (C=O) groups excluding carboxylic acids is 2. The summed E-state index contributed by atoms with van der Waals surface area (Å²) < 4.78 is 5.40. The van der Waals surface area contributed by atoms with E-state index in [-0.39, 0.29) is 11.8 Å². The Morgan fingerprint density at radius 1 is 1.18 bits per heavy atom. The summed E-state index contributed by atoms with van der Waals surface area (Å²) in [5.41, 5.74) is 2.40. The van der Waals surface area contributed by atoms with Gasteiger partial charge in [-0.3, -0.25) is 9.59 Å². The van der Waals surface area contributed by atoms with Crippen molar-refractivity contribution in [2.45, 2.75) is 39.2 Å². The molecule has 0 fully saturated rings. The van der Waals surface area contributed by atoms with Gasteiger partial charge >= 0.3 is 0 Å². The van der Waals surface area contributed by atoms with Crippen LogP contribution in [0.2, 0.25) is 0 Å². The molecule has 10 heteroatoms. The van der Waals surface area contributed by atoms with Gasteiger partial charge < -0.3 is 30.2 Å². The van der Waals surface area contributed by atoms with Gasteiger partial charge in [0.05, 0.1) is 18.0 Å². The first-order valence-electron chi connectivity index (χ1n) is 13.5. The van der Waals surface area contributed by atoms with E-state index < -0.39 is 6.04 Å². The number of amides is 2. The van der Waals surface area contributed by atoms with Gasteiger partial charge in [-0.15, -0.1) is 0 Å². The minimum atomic E-state index is -0.569. The van der Waals surface area contributed by atoms with E-state index >= 15 is 0 Å². The molecule has 3 rings (SSSR count). The molecule has 2 aromatic heterocycles. The number of carbonyl (C=O) groups is 2. The predicted octanol–water partition coefficient (Wildman–Crippen LogP) is 4.00. The highest BCUT2D eigenvalue weighted by molar-refractivity contribution is 5.92. The van der Waals surface area contributed by atoms with Crippen molar-refractivity contribution in [3.8, 4) is 11.8 Å². The number of nitrogens with one attached hydrogen (secondary N) is 3. The van der Waals surface area contributed by atoms with Crippen LogP contribution in [0.5, 0.6) is 0 Å². The highest BCUT2D eigenvalue weighted by Crippen LogP contribution is 2.23. The third kappa shape index (κ3) is 9.13. The van der Waals surface area contributed by atoms with Crippen LogP contribution in [0.1, 0.15) is 38.7 Å². The number of nitrogens with zero attached hydrogens (tertiary/aromatic N) is 4. The second-order valence-corrected chi connectivity index (χ2v) is 9.67. The number of hydrogen-bond acceptors (Lipinski definition) is 8. The zero-order chi connectivity index (χ0) is 28.9. The molecule has 0 aliphatic heterocycles. The molecule has 3 aromatic rings. The molecule has 0 saturated heterocycles. The Labute approximate surface area is 236 Å². The number of hydrogen-bond donors (Lipinski definition) is 3. The standard InChI is InChI=1S/C30H39N7O3/c1-6-16-31-28-24(21-33-30(35-28)34-25-13-14-26-23(20-25)15-19-40-26)11-8-7-9-17-32-29(39)22(2)37(5)27(38)12-10-18-36(3)4/h10,12-15,19-22H,6-7,9,16-18H2,1-5H3,(H,32,39)(H2,31,33,34,35)/b12-10+/t22-/m0/s1. The third-order valence-corrected chi connectivity index (χ3v) is 6.08. The van der Waals surface area contributed by atoms with Crippen LogP contribution < -0.4 is 16.0 Å². The van der Waals surface area contributed by atoms with E-state index in [1.807, 2.05) is 43.3 Å². The van der Waals surface area contributed by atoms with Gasteiger partial charge in [-0.2, -0.15) is 4.98 Å². The highest BCUT2D eigenvalue weighted by atomic mass is 16.3. The van der Waals surface area contributed by atoms with Gasteiger partial charge in [0.15, 0.2) is 0 Å². The topological polar surface area (TPSA) is 116 Å². The number of rotatable bonds is 13. The molecule has 10 nitrogen and oxygen atoms in total. The molecule has 212 valence electrons. The molecule has 2 heterocycles. The Morgan fingerprint density at radius 2 is 2.00 bits per heavy atom. The monoisotopic (exact) mass is 545 g/mol. The van der Waals surface area contributed by atoms with Gasteiger partial charge in [-0.1, -0.05) is 24.8 Å². The van der Waals surface area contributed by atoms with Crippen LogP contribution >= 0.6 is 0 Å². The average molecular weight is 546 g/mol. The van der Waals surface area contributed by atoms with E-state index in [4.69, 9.17) is 4.42 Å². The van der Waals surface area contributed by atoms with E-state index in [0.29, 0.717) is 43.3 Å². The van der Waals surface area contributed by atoms with Crippen molar-refractivity contribution in [3.63, 3.8) is 0 Å². The molecule has 2 amide bonds. The fourth-order valence-electron chi connectivity index (χ4n) is 3.63. The summed E-state index contributed by atoms with van der Waals surface area (Å²) in [6.07, 6.45) is 8.86. The Balaban J connectivity index is 1.51. The van der Waals surface area contributed by atoms with Crippen molar-refractivity contribution in [3.05, 3.63) is 54.4 Å². The molecule has 0 aliphatic rings. The summed E-state index contributed by atoms with van der Waals surface area (Å²) >= 11 is 0. The molecule has 3 N–H and O–H groups in total. The Bertz CT molecular complexity index is 1370. The molecule has 0 aliphatic carbocycles. The molecule has 0 radical (unpaired) electrons. The summed E-state index contributed by atoms with van der Waals surface area (Å²) in [5, 5.41) is 10.4. The van der Waals surface area contributed by atoms with Crippen LogP contribution in [-0.4, -0.2) is 78.4 Å². The fraction of sp³-hybridized carbons (Fsp3) is 0.400. The van der Waals surface area contributed by atoms with Gasteiger partial charge in [0.1, 0.15) is 17.4 Å². The molecule has 0 bridgehead atoms. The minimum Gasteiger partial charge on any atom is -0.464 e. The molecule has 0 saturated carbocycles. The quantitative estimate of drug-likeness (QED) is 0.168. The molecule has 40 heavy (non-hydrogen) atoms. The van der Waals surface area contributed by atoms with Crippen LogP contribution in [0.4, 0.5) is 17.5 Å². The van der Waals surface area contributed by atoms with Crippen LogP contribution in [0, 0.1) is 11.8 Å². The van der Waals surface area contributed by atoms with Crippen LogP contribution in [0.3, 0.4) is 0 Å². The number of benzene rings is 1. The van der Waals surface area contributed by atoms with Crippen LogP contribution in [0.15, 0.2) is 53.3 Å². The molecule has 0 unspecified atom stereocenters. The summed E-state index contributed by atoms with van der Waals surface area (Å²) in [7, 11) is 5.48. The zero-order valence-corrected chi connectivity index (χ0v) is 24.0. The van der Waals surface area contributed by atoms with Crippen molar-refractivity contribution in [2.24, 2.45) is 0 Å². The van der Waals surface area contributed by atoms with Crippen molar-refractivity contribution in [1.29, 1.82) is 0 Å². The first-order chi connectivity index (χ1) is 19.3. The molecule has 1 atom stereocenters. The Hall–Kier alpha value is -4.36. The van der Waals surface area contributed by atoms with Gasteiger partial charge in [-0.25, -0.2) is 4.98 Å². The number of anilines is 3. The largest absolute Gasteiger partial charge is 0.464 e. The number of furan rings is 1. The number of fused-ring (bicyclic) bond motifs is 1. The highest BCUT2D eigenvalue weighted by Gasteiger charge is 2.20. The maximum atomic E-state index is 12.5. The van der Waals surface area contributed by atoms with Gasteiger partial charge in [-0.05, 0) is 58.1 Å². The lowest BCUT2D eigenvalue weighted by Gasteiger charge is -2.23. The lowest BCUT2D eigenvalue weighted by atomic mass is 10.2. The second-order valence-electron chi connectivity index (χ2n) is 9.67. The number of aromatic nitrogens is 2. The normalized spacial score (nSPS) is 11.8. The van der Waals surface area contributed by atoms with E-state index in [1.165, 1.54) is 11.0 Å². The molecule has 0 spiro atoms. The second kappa shape index (κ2) is 15.3. The Morgan fingerprint density at radius 3 is 2.77 bits per heavy atom. The van der Waals surface area contributed by atoms with Gasteiger partial charge in [0.2, 0.25) is 17.8 Å². The predicted molar refractivity (Wildman–Crippen MR) is 159 cm³/mol. The van der Waals surface area contributed by atoms with Crippen molar-refractivity contribution < 1.29 is 14.0 Å². The maximum Gasteiger partial charge on any atom is 0.246 e. The average Bonchev–Trinajstić information content (AvgIpc) is 3.41. The van der Waals surface area contributed by atoms with E-state index in [2.05, 4.69) is 44.7 Å². The lowest BCUT2D eigenvalue weighted by Crippen LogP contribution is -2.45. The first kappa shape index (κ1) is 30.2. The first-order valence-corrected chi connectivity index (χ1v) is 13.5. The van der Waals surface area contributed by atoms with E-state index in [0.717, 1.165) is 29.6 Å². The minimum absolute atomic E-state index is 0.195.